The molecule has 0 aliphatic heterocycles. The van der Waals surface area contributed by atoms with E-state index < -0.39 is 0 Å². The summed E-state index contributed by atoms with van der Waals surface area (Å²) in [5.74, 6) is 0.472. The van der Waals surface area contributed by atoms with Gasteiger partial charge in [-0.1, -0.05) is 43.3 Å². The standard InChI is InChI=1S/C25H24N4O2/c1-3-14-31-22-12-10-19(11-13-22)23-16-24(28-27-23)25(30)29-26-17(2)20-9-8-18-6-4-5-7-21(18)15-20/h4-13,15-16H,3,14H2,1-2H3,(H,27,28)(H,29,30)/b26-17-. The van der Waals surface area contributed by atoms with E-state index in [4.69, 9.17) is 4.74 Å². The van der Waals surface area contributed by atoms with Crippen molar-refractivity contribution >= 4 is 22.4 Å². The fraction of sp³-hybridized carbons (Fsp3) is 0.160. The van der Waals surface area contributed by atoms with Gasteiger partial charge >= 0.3 is 0 Å². The Kier molecular flexibility index (Phi) is 6.08. The Balaban J connectivity index is 1.43. The lowest BCUT2D eigenvalue weighted by atomic mass is 10.0. The van der Waals surface area contributed by atoms with E-state index in [-0.39, 0.29) is 5.91 Å². The molecule has 0 unspecified atom stereocenters. The largest absolute Gasteiger partial charge is 0.494 e. The monoisotopic (exact) mass is 412 g/mol. The molecule has 0 radical (unpaired) electrons. The van der Waals surface area contributed by atoms with Gasteiger partial charge in [0.05, 0.1) is 18.0 Å². The molecule has 4 rings (SSSR count). The molecule has 0 saturated carbocycles. The van der Waals surface area contributed by atoms with E-state index in [2.05, 4.69) is 45.8 Å². The molecular formula is C25H24N4O2. The Morgan fingerprint density at radius 3 is 2.58 bits per heavy atom. The number of fused-ring (bicyclic) bond motifs is 1. The van der Waals surface area contributed by atoms with E-state index in [0.29, 0.717) is 18.0 Å². The number of aromatic nitrogens is 2. The Hall–Kier alpha value is -3.93. The van der Waals surface area contributed by atoms with Crippen molar-refractivity contribution in [2.24, 2.45) is 5.10 Å². The number of benzene rings is 3. The zero-order valence-corrected chi connectivity index (χ0v) is 17.6. The molecule has 0 aliphatic rings. The third-order valence-corrected chi connectivity index (χ3v) is 4.94. The molecule has 1 heterocycles. The minimum Gasteiger partial charge on any atom is -0.494 e. The van der Waals surface area contributed by atoms with Crippen molar-refractivity contribution in [3.05, 3.63) is 84.1 Å². The van der Waals surface area contributed by atoms with Crippen molar-refractivity contribution in [3.8, 4) is 17.0 Å². The van der Waals surface area contributed by atoms with Crippen LogP contribution in [0.1, 0.15) is 36.3 Å². The van der Waals surface area contributed by atoms with Gasteiger partial charge in [-0.15, -0.1) is 0 Å². The lowest BCUT2D eigenvalue weighted by molar-refractivity contribution is 0.0950. The summed E-state index contributed by atoms with van der Waals surface area (Å²) in [5.41, 5.74) is 6.20. The van der Waals surface area contributed by atoms with Gasteiger partial charge in [0.1, 0.15) is 11.4 Å². The second-order valence-corrected chi connectivity index (χ2v) is 7.24. The molecule has 4 aromatic rings. The normalized spacial score (nSPS) is 11.5. The number of hydrogen-bond acceptors (Lipinski definition) is 4. The number of aromatic amines is 1. The first-order valence-corrected chi connectivity index (χ1v) is 10.3. The molecule has 3 aromatic carbocycles. The van der Waals surface area contributed by atoms with Gasteiger partial charge in [0.15, 0.2) is 0 Å². The molecule has 6 heteroatoms. The van der Waals surface area contributed by atoms with Gasteiger partial charge in [-0.25, -0.2) is 5.43 Å². The Morgan fingerprint density at radius 1 is 1.03 bits per heavy atom. The molecule has 0 aliphatic carbocycles. The predicted octanol–water partition coefficient (Wildman–Crippen LogP) is 5.17. The van der Waals surface area contributed by atoms with E-state index in [1.54, 1.807) is 6.07 Å². The maximum absolute atomic E-state index is 12.5. The quantitative estimate of drug-likeness (QED) is 0.324. The smallest absolute Gasteiger partial charge is 0.289 e. The van der Waals surface area contributed by atoms with Gasteiger partial charge in [-0.3, -0.25) is 9.89 Å². The Morgan fingerprint density at radius 2 is 1.81 bits per heavy atom. The van der Waals surface area contributed by atoms with Crippen molar-refractivity contribution in [2.75, 3.05) is 6.61 Å². The molecule has 0 saturated heterocycles. The summed E-state index contributed by atoms with van der Waals surface area (Å²) in [6.45, 7) is 4.62. The molecule has 6 nitrogen and oxygen atoms in total. The average molecular weight is 412 g/mol. The fourth-order valence-corrected chi connectivity index (χ4v) is 3.20. The second kappa shape index (κ2) is 9.26. The average Bonchev–Trinajstić information content (AvgIpc) is 3.31. The summed E-state index contributed by atoms with van der Waals surface area (Å²) in [7, 11) is 0. The Bertz CT molecular complexity index is 1230. The van der Waals surface area contributed by atoms with Crippen molar-refractivity contribution in [2.45, 2.75) is 20.3 Å². The van der Waals surface area contributed by atoms with Crippen LogP contribution in [-0.2, 0) is 0 Å². The zero-order valence-electron chi connectivity index (χ0n) is 17.6. The number of amides is 1. The molecule has 156 valence electrons. The fourth-order valence-electron chi connectivity index (χ4n) is 3.20. The number of carbonyl (C=O) groups is 1. The maximum atomic E-state index is 12.5. The molecule has 1 aromatic heterocycles. The van der Waals surface area contributed by atoms with Gasteiger partial charge in [-0.05, 0) is 66.1 Å². The first-order chi connectivity index (χ1) is 15.1. The first kappa shape index (κ1) is 20.3. The predicted molar refractivity (Wildman–Crippen MR) is 123 cm³/mol. The van der Waals surface area contributed by atoms with Crippen molar-refractivity contribution in [3.63, 3.8) is 0 Å². The third kappa shape index (κ3) is 4.80. The number of hydrazone groups is 1. The summed E-state index contributed by atoms with van der Waals surface area (Å²) >= 11 is 0. The van der Waals surface area contributed by atoms with Crippen molar-refractivity contribution < 1.29 is 9.53 Å². The SMILES string of the molecule is CCCOc1ccc(-c2cc(C(=O)N/N=C(/C)c3ccc4ccccc4c3)[nH]n2)cc1. The van der Waals surface area contributed by atoms with Gasteiger partial charge in [0.25, 0.3) is 5.91 Å². The highest BCUT2D eigenvalue weighted by Gasteiger charge is 2.11. The number of nitrogens with zero attached hydrogens (tertiary/aromatic N) is 2. The van der Waals surface area contributed by atoms with Crippen LogP contribution in [-0.4, -0.2) is 28.4 Å². The highest BCUT2D eigenvalue weighted by atomic mass is 16.5. The Labute approximate surface area is 181 Å². The molecular weight excluding hydrogens is 388 g/mol. The minimum absolute atomic E-state index is 0.344. The molecule has 0 atom stereocenters. The van der Waals surface area contributed by atoms with E-state index in [1.165, 1.54) is 0 Å². The van der Waals surface area contributed by atoms with Gasteiger partial charge in [0, 0.05) is 5.56 Å². The number of H-pyrrole nitrogens is 1. The lowest BCUT2D eigenvalue weighted by Crippen LogP contribution is -2.19. The van der Waals surface area contributed by atoms with Crippen LogP contribution in [0.5, 0.6) is 5.75 Å². The van der Waals surface area contributed by atoms with Crippen LogP contribution in [0, 0.1) is 0 Å². The summed E-state index contributed by atoms with van der Waals surface area (Å²) < 4.78 is 5.60. The number of hydrogen-bond donors (Lipinski definition) is 2. The maximum Gasteiger partial charge on any atom is 0.289 e. The molecule has 2 N–H and O–H groups in total. The zero-order chi connectivity index (χ0) is 21.6. The van der Waals surface area contributed by atoms with Crippen LogP contribution in [0.25, 0.3) is 22.0 Å². The van der Waals surface area contributed by atoms with Crippen molar-refractivity contribution in [1.82, 2.24) is 15.6 Å². The van der Waals surface area contributed by atoms with E-state index in [9.17, 15) is 4.79 Å². The van der Waals surface area contributed by atoms with E-state index >= 15 is 0 Å². The van der Waals surface area contributed by atoms with E-state index in [0.717, 1.165) is 39.8 Å². The summed E-state index contributed by atoms with van der Waals surface area (Å²) in [4.78, 5) is 12.5. The number of carbonyl (C=O) groups excluding carboxylic acids is 1. The third-order valence-electron chi connectivity index (χ3n) is 4.94. The summed E-state index contributed by atoms with van der Waals surface area (Å²) in [5, 5.41) is 13.6. The summed E-state index contributed by atoms with van der Waals surface area (Å²) in [6, 6.07) is 23.6. The van der Waals surface area contributed by atoms with Gasteiger partial charge in [-0.2, -0.15) is 10.2 Å². The van der Waals surface area contributed by atoms with Gasteiger partial charge < -0.3 is 4.74 Å². The van der Waals surface area contributed by atoms with Crippen LogP contribution in [0.3, 0.4) is 0 Å². The van der Waals surface area contributed by atoms with Crippen LogP contribution < -0.4 is 10.2 Å². The lowest BCUT2D eigenvalue weighted by Gasteiger charge is -2.04. The highest BCUT2D eigenvalue weighted by molar-refractivity contribution is 6.03. The molecule has 0 fully saturated rings. The number of rotatable bonds is 7. The van der Waals surface area contributed by atoms with Crippen LogP contribution in [0.15, 0.2) is 77.9 Å². The number of ether oxygens (including phenoxy) is 1. The summed E-state index contributed by atoms with van der Waals surface area (Å²) in [6.07, 6.45) is 0.961. The molecule has 1 amide bonds. The minimum atomic E-state index is -0.346. The van der Waals surface area contributed by atoms with Crippen molar-refractivity contribution in [1.29, 1.82) is 0 Å². The van der Waals surface area contributed by atoms with E-state index in [1.807, 2.05) is 55.5 Å². The first-order valence-electron chi connectivity index (χ1n) is 10.3. The molecule has 0 bridgehead atoms. The number of nitrogens with one attached hydrogen (secondary N) is 2. The van der Waals surface area contributed by atoms with Crippen LogP contribution >= 0.6 is 0 Å². The van der Waals surface area contributed by atoms with Crippen LogP contribution in [0.2, 0.25) is 0 Å². The van der Waals surface area contributed by atoms with Crippen LogP contribution in [0.4, 0.5) is 0 Å². The molecule has 31 heavy (non-hydrogen) atoms. The highest BCUT2D eigenvalue weighted by Crippen LogP contribution is 2.21. The van der Waals surface area contributed by atoms with Gasteiger partial charge in [0.2, 0.25) is 0 Å². The second-order valence-electron chi connectivity index (χ2n) is 7.24. The molecule has 0 spiro atoms. The topological polar surface area (TPSA) is 79.4 Å².